The highest BCUT2D eigenvalue weighted by atomic mass is 32.2. The standard InChI is InChI=1S/C23H27N5OS/c1-23(2,3)16-8-10-17(11-9-16)28-20-7-4-6-19(18(20)14-26-28)27-21(29)15-30-22-24-12-5-13-25-22/h5,8-14,19H,4,6-7,15H2,1-3H3,(H,27,29)/t19-/m0/s1. The molecule has 4 rings (SSSR count). The van der Waals surface area contributed by atoms with E-state index in [1.165, 1.54) is 23.0 Å². The Morgan fingerprint density at radius 1 is 1.20 bits per heavy atom. The quantitative estimate of drug-likeness (QED) is 0.493. The van der Waals surface area contributed by atoms with Gasteiger partial charge in [0.2, 0.25) is 5.91 Å². The summed E-state index contributed by atoms with van der Waals surface area (Å²) in [6.45, 7) is 6.65. The molecule has 2 heterocycles. The van der Waals surface area contributed by atoms with Gasteiger partial charge in [-0.1, -0.05) is 44.7 Å². The normalized spacial score (nSPS) is 16.2. The van der Waals surface area contributed by atoms with Gasteiger partial charge in [-0.15, -0.1) is 0 Å². The second-order valence-electron chi connectivity index (χ2n) is 8.59. The van der Waals surface area contributed by atoms with Gasteiger partial charge in [-0.3, -0.25) is 4.79 Å². The van der Waals surface area contributed by atoms with Gasteiger partial charge in [0, 0.05) is 23.7 Å². The van der Waals surface area contributed by atoms with E-state index in [2.05, 4.69) is 65.4 Å². The van der Waals surface area contributed by atoms with Gasteiger partial charge in [0.25, 0.3) is 0 Å². The molecule has 0 saturated carbocycles. The molecule has 6 nitrogen and oxygen atoms in total. The van der Waals surface area contributed by atoms with Crippen molar-refractivity contribution in [1.82, 2.24) is 25.1 Å². The van der Waals surface area contributed by atoms with E-state index < -0.39 is 0 Å². The Kier molecular flexibility index (Phi) is 5.90. The van der Waals surface area contributed by atoms with Crippen LogP contribution in [0, 0.1) is 0 Å². The van der Waals surface area contributed by atoms with Crippen LogP contribution in [0.3, 0.4) is 0 Å². The number of hydrogen-bond acceptors (Lipinski definition) is 5. The van der Waals surface area contributed by atoms with Crippen molar-refractivity contribution >= 4 is 17.7 Å². The van der Waals surface area contributed by atoms with Gasteiger partial charge >= 0.3 is 0 Å². The highest BCUT2D eigenvalue weighted by Crippen LogP contribution is 2.32. The summed E-state index contributed by atoms with van der Waals surface area (Å²) in [6, 6.07) is 10.4. The number of hydrogen-bond donors (Lipinski definition) is 1. The monoisotopic (exact) mass is 421 g/mol. The number of aromatic nitrogens is 4. The van der Waals surface area contributed by atoms with Crippen LogP contribution in [0.1, 0.15) is 56.5 Å². The van der Waals surface area contributed by atoms with Gasteiger partial charge in [0.05, 0.1) is 23.7 Å². The van der Waals surface area contributed by atoms with Crippen LogP contribution in [-0.4, -0.2) is 31.4 Å². The SMILES string of the molecule is CC(C)(C)c1ccc(-n2ncc3c2CCC[C@@H]3NC(=O)CSc2ncccn2)cc1. The lowest BCUT2D eigenvalue weighted by molar-refractivity contribution is -0.119. The number of rotatable bonds is 5. The Morgan fingerprint density at radius 2 is 1.93 bits per heavy atom. The zero-order valence-electron chi connectivity index (χ0n) is 17.6. The van der Waals surface area contributed by atoms with E-state index in [0.717, 1.165) is 30.5 Å². The first-order valence-electron chi connectivity index (χ1n) is 10.3. The first-order chi connectivity index (χ1) is 14.4. The van der Waals surface area contributed by atoms with Crippen LogP contribution in [0.25, 0.3) is 5.69 Å². The molecule has 0 spiro atoms. The van der Waals surface area contributed by atoms with Crippen molar-refractivity contribution in [2.45, 2.75) is 56.6 Å². The summed E-state index contributed by atoms with van der Waals surface area (Å²) in [5.41, 5.74) is 4.80. The van der Waals surface area contributed by atoms with E-state index in [1.54, 1.807) is 18.5 Å². The molecule has 1 aromatic carbocycles. The summed E-state index contributed by atoms with van der Waals surface area (Å²) in [4.78, 5) is 20.8. The Balaban J connectivity index is 1.46. The molecule has 1 aliphatic rings. The molecule has 0 aliphatic heterocycles. The maximum atomic E-state index is 12.5. The average molecular weight is 422 g/mol. The predicted octanol–water partition coefficient (Wildman–Crippen LogP) is 4.25. The zero-order chi connectivity index (χ0) is 21.1. The molecule has 0 fully saturated rings. The second kappa shape index (κ2) is 8.60. The molecule has 1 N–H and O–H groups in total. The van der Waals surface area contributed by atoms with Crippen molar-refractivity contribution in [3.8, 4) is 5.69 Å². The average Bonchev–Trinajstić information content (AvgIpc) is 3.18. The van der Waals surface area contributed by atoms with E-state index in [9.17, 15) is 4.79 Å². The van der Waals surface area contributed by atoms with Crippen LogP contribution >= 0.6 is 11.8 Å². The molecule has 1 atom stereocenters. The Hall–Kier alpha value is -2.67. The molecule has 0 unspecified atom stereocenters. The van der Waals surface area contributed by atoms with Crippen LogP contribution in [-0.2, 0) is 16.6 Å². The molecule has 0 bridgehead atoms. The number of nitrogens with one attached hydrogen (secondary N) is 1. The van der Waals surface area contributed by atoms with Crippen molar-refractivity contribution in [3.63, 3.8) is 0 Å². The molecule has 3 aromatic rings. The van der Waals surface area contributed by atoms with Crippen molar-refractivity contribution in [2.75, 3.05) is 5.75 Å². The summed E-state index contributed by atoms with van der Waals surface area (Å²) in [5, 5.41) is 8.44. The lowest BCUT2D eigenvalue weighted by Gasteiger charge is -2.24. The predicted molar refractivity (Wildman–Crippen MR) is 119 cm³/mol. The third kappa shape index (κ3) is 4.56. The van der Waals surface area contributed by atoms with Gasteiger partial charge in [0.15, 0.2) is 5.16 Å². The van der Waals surface area contributed by atoms with Crippen molar-refractivity contribution < 1.29 is 4.79 Å². The number of thioether (sulfide) groups is 1. The van der Waals surface area contributed by atoms with E-state index in [1.807, 2.05) is 10.9 Å². The topological polar surface area (TPSA) is 72.7 Å². The molecular formula is C23H27N5OS. The Morgan fingerprint density at radius 3 is 2.63 bits per heavy atom. The summed E-state index contributed by atoms with van der Waals surface area (Å²) in [7, 11) is 0. The first-order valence-corrected chi connectivity index (χ1v) is 11.3. The third-order valence-electron chi connectivity index (χ3n) is 5.37. The van der Waals surface area contributed by atoms with Crippen LogP contribution in [0.15, 0.2) is 54.1 Å². The van der Waals surface area contributed by atoms with E-state index in [0.29, 0.717) is 10.9 Å². The lowest BCUT2D eigenvalue weighted by Crippen LogP contribution is -2.32. The zero-order valence-corrected chi connectivity index (χ0v) is 18.4. The number of fused-ring (bicyclic) bond motifs is 1. The van der Waals surface area contributed by atoms with Crippen molar-refractivity contribution in [2.24, 2.45) is 0 Å². The fourth-order valence-electron chi connectivity index (χ4n) is 3.76. The van der Waals surface area contributed by atoms with Gasteiger partial charge in [-0.05, 0) is 48.4 Å². The fraction of sp³-hybridized carbons (Fsp3) is 0.391. The third-order valence-corrected chi connectivity index (χ3v) is 6.25. The summed E-state index contributed by atoms with van der Waals surface area (Å²) >= 11 is 1.35. The summed E-state index contributed by atoms with van der Waals surface area (Å²) in [6.07, 6.45) is 8.20. The number of carbonyl (C=O) groups excluding carboxylic acids is 1. The van der Waals surface area contributed by atoms with Crippen molar-refractivity contribution in [1.29, 1.82) is 0 Å². The van der Waals surface area contributed by atoms with Crippen LogP contribution in [0.2, 0.25) is 0 Å². The molecular weight excluding hydrogens is 394 g/mol. The van der Waals surface area contributed by atoms with Gasteiger partial charge in [-0.25, -0.2) is 14.6 Å². The molecule has 7 heteroatoms. The van der Waals surface area contributed by atoms with Gasteiger partial charge in [0.1, 0.15) is 0 Å². The molecule has 2 aromatic heterocycles. The first kappa shape index (κ1) is 20.6. The molecule has 0 radical (unpaired) electrons. The minimum Gasteiger partial charge on any atom is -0.348 e. The Labute approximate surface area is 181 Å². The van der Waals surface area contributed by atoms with Gasteiger partial charge < -0.3 is 5.32 Å². The van der Waals surface area contributed by atoms with Gasteiger partial charge in [-0.2, -0.15) is 5.10 Å². The molecule has 0 saturated heterocycles. The lowest BCUT2D eigenvalue weighted by atomic mass is 9.87. The van der Waals surface area contributed by atoms with Crippen LogP contribution in [0.5, 0.6) is 0 Å². The Bertz CT molecular complexity index is 1010. The molecule has 30 heavy (non-hydrogen) atoms. The molecule has 156 valence electrons. The number of benzene rings is 1. The number of carbonyl (C=O) groups is 1. The van der Waals surface area contributed by atoms with E-state index in [-0.39, 0.29) is 17.4 Å². The highest BCUT2D eigenvalue weighted by molar-refractivity contribution is 7.99. The number of nitrogens with zero attached hydrogens (tertiary/aromatic N) is 4. The van der Waals surface area contributed by atoms with Crippen molar-refractivity contribution in [3.05, 3.63) is 65.7 Å². The highest BCUT2D eigenvalue weighted by Gasteiger charge is 2.26. The van der Waals surface area contributed by atoms with Crippen LogP contribution in [0.4, 0.5) is 0 Å². The second-order valence-corrected chi connectivity index (χ2v) is 9.53. The van der Waals surface area contributed by atoms with E-state index in [4.69, 9.17) is 0 Å². The largest absolute Gasteiger partial charge is 0.348 e. The molecule has 1 aliphatic carbocycles. The maximum absolute atomic E-state index is 12.5. The van der Waals surface area contributed by atoms with Crippen LogP contribution < -0.4 is 5.32 Å². The molecule has 1 amide bonds. The maximum Gasteiger partial charge on any atom is 0.230 e. The fourth-order valence-corrected chi connectivity index (χ4v) is 4.37. The minimum atomic E-state index is -0.00687. The smallest absolute Gasteiger partial charge is 0.230 e. The summed E-state index contributed by atoms with van der Waals surface area (Å²) < 4.78 is 2.02. The number of amides is 1. The van der Waals surface area contributed by atoms with E-state index >= 15 is 0 Å². The summed E-state index contributed by atoms with van der Waals surface area (Å²) in [5.74, 6) is 0.297. The minimum absolute atomic E-state index is 0.00106.